The first kappa shape index (κ1) is 13.8. The van der Waals surface area contributed by atoms with E-state index >= 15 is 0 Å². The molecular weight excluding hydrogens is 292 g/mol. The monoisotopic (exact) mass is 312 g/mol. The zero-order valence-electron chi connectivity index (χ0n) is 11.0. The summed E-state index contributed by atoms with van der Waals surface area (Å²) >= 11 is 3.53. The molecule has 100 valence electrons. The third-order valence-corrected chi connectivity index (χ3v) is 4.18. The highest BCUT2D eigenvalue weighted by atomic mass is 79.9. The van der Waals surface area contributed by atoms with Crippen LogP contribution in [0.5, 0.6) is 0 Å². The molecule has 3 N–H and O–H groups in total. The van der Waals surface area contributed by atoms with E-state index in [0.29, 0.717) is 12.5 Å². The molecular formula is C14H21BrN2O. The highest BCUT2D eigenvalue weighted by Crippen LogP contribution is 2.30. The van der Waals surface area contributed by atoms with Crippen molar-refractivity contribution in [3.8, 4) is 0 Å². The molecule has 1 fully saturated rings. The van der Waals surface area contributed by atoms with Gasteiger partial charge in [0.2, 0.25) is 0 Å². The molecule has 0 radical (unpaired) electrons. The summed E-state index contributed by atoms with van der Waals surface area (Å²) in [6.07, 6.45) is 1.08. The molecule has 1 heterocycles. The van der Waals surface area contributed by atoms with Crippen molar-refractivity contribution in [3.05, 3.63) is 28.2 Å². The number of benzene rings is 1. The van der Waals surface area contributed by atoms with E-state index in [1.54, 1.807) is 0 Å². The van der Waals surface area contributed by atoms with Crippen LogP contribution in [0.4, 0.5) is 5.69 Å². The normalized spacial score (nSPS) is 22.8. The topological polar surface area (TPSA) is 47.3 Å². The molecule has 0 aromatic heterocycles. The van der Waals surface area contributed by atoms with E-state index in [2.05, 4.69) is 53.3 Å². The number of hydrogen-bond acceptors (Lipinski definition) is 3. The standard InChI is InChI=1S/C14H21BrN2O/c1-10-5-12(15)7-13(6-10)17-14(2,9-16)11-3-4-18-8-11/h5-7,11,17H,3-4,8-9,16H2,1-2H3. The molecule has 0 aliphatic carbocycles. The van der Waals surface area contributed by atoms with Gasteiger partial charge in [0, 0.05) is 29.2 Å². The fourth-order valence-electron chi connectivity index (χ4n) is 2.50. The van der Waals surface area contributed by atoms with E-state index in [9.17, 15) is 0 Å². The zero-order chi connectivity index (χ0) is 13.2. The smallest absolute Gasteiger partial charge is 0.0518 e. The Balaban J connectivity index is 2.18. The molecule has 18 heavy (non-hydrogen) atoms. The van der Waals surface area contributed by atoms with Crippen molar-refractivity contribution in [2.45, 2.75) is 25.8 Å². The lowest BCUT2D eigenvalue weighted by Gasteiger charge is -2.36. The Labute approximate surface area is 117 Å². The molecule has 0 saturated carbocycles. The second-order valence-corrected chi connectivity index (χ2v) is 6.24. The first-order valence-electron chi connectivity index (χ1n) is 6.37. The number of nitrogens with one attached hydrogen (secondary N) is 1. The maximum atomic E-state index is 5.98. The Morgan fingerprint density at radius 2 is 2.28 bits per heavy atom. The van der Waals surface area contributed by atoms with Crippen molar-refractivity contribution >= 4 is 21.6 Å². The summed E-state index contributed by atoms with van der Waals surface area (Å²) < 4.78 is 6.58. The molecule has 4 heteroatoms. The molecule has 2 rings (SSSR count). The Morgan fingerprint density at radius 3 is 2.83 bits per heavy atom. The minimum Gasteiger partial charge on any atom is -0.381 e. The SMILES string of the molecule is Cc1cc(Br)cc(NC(C)(CN)C2CCOC2)c1. The number of hydrogen-bond donors (Lipinski definition) is 2. The van der Waals surface area contributed by atoms with Crippen molar-refractivity contribution in [2.75, 3.05) is 25.1 Å². The Morgan fingerprint density at radius 1 is 1.50 bits per heavy atom. The molecule has 0 amide bonds. The minimum absolute atomic E-state index is 0.107. The Hall–Kier alpha value is -0.580. The number of anilines is 1. The lowest BCUT2D eigenvalue weighted by molar-refractivity contribution is 0.172. The van der Waals surface area contributed by atoms with Crippen molar-refractivity contribution in [1.82, 2.24) is 0 Å². The maximum Gasteiger partial charge on any atom is 0.0518 e. The van der Waals surface area contributed by atoms with Gasteiger partial charge in [0.25, 0.3) is 0 Å². The van der Waals surface area contributed by atoms with Crippen LogP contribution in [0.3, 0.4) is 0 Å². The van der Waals surface area contributed by atoms with E-state index in [1.165, 1.54) is 5.56 Å². The molecule has 1 aliphatic rings. The van der Waals surface area contributed by atoms with Gasteiger partial charge in [-0.1, -0.05) is 15.9 Å². The van der Waals surface area contributed by atoms with Crippen molar-refractivity contribution in [3.63, 3.8) is 0 Å². The predicted molar refractivity (Wildman–Crippen MR) is 78.9 cm³/mol. The largest absolute Gasteiger partial charge is 0.381 e. The molecule has 0 spiro atoms. The molecule has 2 unspecified atom stereocenters. The van der Waals surface area contributed by atoms with Crippen molar-refractivity contribution in [1.29, 1.82) is 0 Å². The van der Waals surface area contributed by atoms with Gasteiger partial charge in [-0.25, -0.2) is 0 Å². The third kappa shape index (κ3) is 3.05. The van der Waals surface area contributed by atoms with Crippen LogP contribution in [0.2, 0.25) is 0 Å². The summed E-state index contributed by atoms with van der Waals surface area (Å²) in [4.78, 5) is 0. The van der Waals surface area contributed by atoms with Gasteiger partial charge in [-0.05, 0) is 44.0 Å². The van der Waals surface area contributed by atoms with Gasteiger partial charge in [-0.3, -0.25) is 0 Å². The van der Waals surface area contributed by atoms with Crippen molar-refractivity contribution < 1.29 is 4.74 Å². The van der Waals surface area contributed by atoms with Gasteiger partial charge in [0.15, 0.2) is 0 Å². The van der Waals surface area contributed by atoms with Gasteiger partial charge in [-0.2, -0.15) is 0 Å². The third-order valence-electron chi connectivity index (χ3n) is 3.73. The highest BCUT2D eigenvalue weighted by molar-refractivity contribution is 9.10. The number of nitrogens with two attached hydrogens (primary N) is 1. The van der Waals surface area contributed by atoms with Crippen molar-refractivity contribution in [2.24, 2.45) is 11.7 Å². The Kier molecular flexibility index (Phi) is 4.30. The van der Waals surface area contributed by atoms with Crippen LogP contribution in [0, 0.1) is 12.8 Å². The van der Waals surface area contributed by atoms with Gasteiger partial charge >= 0.3 is 0 Å². The Bertz CT molecular complexity index is 398. The summed E-state index contributed by atoms with van der Waals surface area (Å²) in [7, 11) is 0. The molecule has 1 aromatic rings. The van der Waals surface area contributed by atoms with Crippen LogP contribution in [-0.2, 0) is 4.74 Å². The average Bonchev–Trinajstić information content (AvgIpc) is 2.81. The molecule has 0 bridgehead atoms. The summed E-state index contributed by atoms with van der Waals surface area (Å²) in [6.45, 7) is 6.52. The van der Waals surface area contributed by atoms with Gasteiger partial charge in [-0.15, -0.1) is 0 Å². The van der Waals surface area contributed by atoms with E-state index in [-0.39, 0.29) is 5.54 Å². The lowest BCUT2D eigenvalue weighted by Crippen LogP contribution is -2.49. The van der Waals surface area contributed by atoms with Crippen LogP contribution in [-0.4, -0.2) is 25.3 Å². The van der Waals surface area contributed by atoms with Gasteiger partial charge in [0.1, 0.15) is 0 Å². The van der Waals surface area contributed by atoms with Crippen LogP contribution in [0.25, 0.3) is 0 Å². The molecule has 2 atom stereocenters. The summed E-state index contributed by atoms with van der Waals surface area (Å²) in [6, 6.07) is 6.34. The summed E-state index contributed by atoms with van der Waals surface area (Å²) in [5, 5.41) is 3.59. The lowest BCUT2D eigenvalue weighted by atomic mass is 9.84. The second kappa shape index (κ2) is 5.59. The molecule has 1 aromatic carbocycles. The first-order chi connectivity index (χ1) is 8.53. The fraction of sp³-hybridized carbons (Fsp3) is 0.571. The average molecular weight is 313 g/mol. The summed E-state index contributed by atoms with van der Waals surface area (Å²) in [5.74, 6) is 0.474. The van der Waals surface area contributed by atoms with E-state index < -0.39 is 0 Å². The van der Waals surface area contributed by atoms with E-state index in [0.717, 1.165) is 29.8 Å². The maximum absolute atomic E-state index is 5.98. The zero-order valence-corrected chi connectivity index (χ0v) is 12.6. The minimum atomic E-state index is -0.107. The molecule has 3 nitrogen and oxygen atoms in total. The summed E-state index contributed by atoms with van der Waals surface area (Å²) in [5.41, 5.74) is 8.22. The number of rotatable bonds is 4. The van der Waals surface area contributed by atoms with Crippen LogP contribution in [0.15, 0.2) is 22.7 Å². The number of aryl methyl sites for hydroxylation is 1. The second-order valence-electron chi connectivity index (χ2n) is 5.32. The number of ether oxygens (including phenoxy) is 1. The quantitative estimate of drug-likeness (QED) is 0.898. The van der Waals surface area contributed by atoms with Gasteiger partial charge in [0.05, 0.1) is 12.1 Å². The fourth-order valence-corrected chi connectivity index (χ4v) is 3.10. The van der Waals surface area contributed by atoms with Gasteiger partial charge < -0.3 is 15.8 Å². The van der Waals surface area contributed by atoms with E-state index in [4.69, 9.17) is 10.5 Å². The van der Waals surface area contributed by atoms with Crippen LogP contribution in [0.1, 0.15) is 18.9 Å². The first-order valence-corrected chi connectivity index (χ1v) is 7.16. The molecule has 1 saturated heterocycles. The highest BCUT2D eigenvalue weighted by Gasteiger charge is 2.35. The predicted octanol–water partition coefficient (Wildman–Crippen LogP) is 2.92. The van der Waals surface area contributed by atoms with Crippen LogP contribution < -0.4 is 11.1 Å². The molecule has 1 aliphatic heterocycles. The van der Waals surface area contributed by atoms with Crippen LogP contribution >= 0.6 is 15.9 Å². The number of halogens is 1. The van der Waals surface area contributed by atoms with E-state index in [1.807, 2.05) is 0 Å².